The number of aryl methyl sites for hydroxylation is 2. The summed E-state index contributed by atoms with van der Waals surface area (Å²) in [6.45, 7) is 5.60. The molecule has 0 fully saturated rings. The molecule has 6 nitrogen and oxygen atoms in total. The number of rotatable bonds is 6. The van der Waals surface area contributed by atoms with E-state index in [1.165, 1.54) is 16.8 Å². The van der Waals surface area contributed by atoms with Crippen molar-refractivity contribution < 1.29 is 4.74 Å². The van der Waals surface area contributed by atoms with E-state index in [0.29, 0.717) is 6.54 Å². The van der Waals surface area contributed by atoms with Crippen LogP contribution in [-0.4, -0.2) is 36.4 Å². The third-order valence-electron chi connectivity index (χ3n) is 4.19. The second kappa shape index (κ2) is 10.3. The van der Waals surface area contributed by atoms with Gasteiger partial charge in [0.25, 0.3) is 0 Å². The van der Waals surface area contributed by atoms with Gasteiger partial charge in [-0.15, -0.1) is 24.0 Å². The Morgan fingerprint density at radius 2 is 1.96 bits per heavy atom. The number of hydrogen-bond acceptors (Lipinski definition) is 3. The van der Waals surface area contributed by atoms with Crippen molar-refractivity contribution in [2.75, 3.05) is 20.7 Å². The molecule has 0 saturated carbocycles. The highest BCUT2D eigenvalue weighted by atomic mass is 127. The number of guanidine groups is 1. The fraction of sp³-hybridized carbons (Fsp3) is 0.444. The largest absolute Gasteiger partial charge is 0.496 e. The van der Waals surface area contributed by atoms with E-state index in [9.17, 15) is 0 Å². The molecule has 0 saturated heterocycles. The Bertz CT molecular complexity index is 711. The van der Waals surface area contributed by atoms with Crippen molar-refractivity contribution in [2.45, 2.75) is 26.8 Å². The van der Waals surface area contributed by atoms with Crippen LogP contribution in [0.1, 0.15) is 22.5 Å². The number of benzene rings is 1. The number of hydrogen-bond donors (Lipinski definition) is 2. The molecule has 2 aromatic rings. The van der Waals surface area contributed by atoms with Gasteiger partial charge in [-0.05, 0) is 31.9 Å². The monoisotopic (exact) mass is 457 g/mol. The van der Waals surface area contributed by atoms with Crippen LogP contribution in [-0.2, 0) is 20.0 Å². The molecule has 138 valence electrons. The third kappa shape index (κ3) is 5.62. The first-order chi connectivity index (χ1) is 11.6. The zero-order valence-electron chi connectivity index (χ0n) is 15.6. The lowest BCUT2D eigenvalue weighted by Crippen LogP contribution is -2.38. The molecule has 2 rings (SSSR count). The van der Waals surface area contributed by atoms with Crippen LogP contribution in [0, 0.1) is 13.8 Å². The minimum absolute atomic E-state index is 0. The summed E-state index contributed by atoms with van der Waals surface area (Å²) in [6.07, 6.45) is 0.871. The Morgan fingerprint density at radius 3 is 2.56 bits per heavy atom. The van der Waals surface area contributed by atoms with Crippen molar-refractivity contribution in [1.29, 1.82) is 0 Å². The number of aliphatic imine (C=N–C) groups is 1. The predicted molar refractivity (Wildman–Crippen MR) is 113 cm³/mol. The number of nitrogens with one attached hydrogen (secondary N) is 2. The van der Waals surface area contributed by atoms with E-state index in [1.807, 2.05) is 36.9 Å². The molecule has 0 aliphatic carbocycles. The highest BCUT2D eigenvalue weighted by Gasteiger charge is 2.09. The van der Waals surface area contributed by atoms with E-state index < -0.39 is 0 Å². The van der Waals surface area contributed by atoms with Crippen molar-refractivity contribution in [3.05, 3.63) is 46.8 Å². The lowest BCUT2D eigenvalue weighted by atomic mass is 10.1. The van der Waals surface area contributed by atoms with Gasteiger partial charge in [0.15, 0.2) is 5.96 Å². The summed E-state index contributed by atoms with van der Waals surface area (Å²) in [5.74, 6) is 1.71. The molecule has 7 heteroatoms. The molecular formula is C18H28IN5O. The van der Waals surface area contributed by atoms with E-state index in [2.05, 4.69) is 33.7 Å². The molecule has 0 atom stereocenters. The van der Waals surface area contributed by atoms with Gasteiger partial charge in [0.05, 0.1) is 12.8 Å². The van der Waals surface area contributed by atoms with Gasteiger partial charge in [-0.25, -0.2) is 0 Å². The number of ether oxygens (including phenoxy) is 1. The van der Waals surface area contributed by atoms with Crippen molar-refractivity contribution in [3.8, 4) is 5.75 Å². The van der Waals surface area contributed by atoms with Crippen LogP contribution in [0.4, 0.5) is 0 Å². The summed E-state index contributed by atoms with van der Waals surface area (Å²) < 4.78 is 7.29. The molecule has 2 N–H and O–H groups in total. The molecule has 0 unspecified atom stereocenters. The average Bonchev–Trinajstić information content (AvgIpc) is 2.83. The van der Waals surface area contributed by atoms with Crippen LogP contribution in [0.25, 0.3) is 0 Å². The third-order valence-corrected chi connectivity index (χ3v) is 4.19. The highest BCUT2D eigenvalue weighted by Crippen LogP contribution is 2.17. The lowest BCUT2D eigenvalue weighted by molar-refractivity contribution is 0.409. The van der Waals surface area contributed by atoms with Gasteiger partial charge in [0.1, 0.15) is 5.75 Å². The van der Waals surface area contributed by atoms with Crippen LogP contribution in [0.5, 0.6) is 5.75 Å². The minimum atomic E-state index is 0. The fourth-order valence-corrected chi connectivity index (χ4v) is 2.69. The second-order valence-electron chi connectivity index (χ2n) is 5.69. The normalized spacial score (nSPS) is 11.0. The van der Waals surface area contributed by atoms with Crippen molar-refractivity contribution in [1.82, 2.24) is 20.4 Å². The number of para-hydroxylation sites is 1. The quantitative estimate of drug-likeness (QED) is 0.398. The van der Waals surface area contributed by atoms with Crippen LogP contribution in [0.2, 0.25) is 0 Å². The smallest absolute Gasteiger partial charge is 0.191 e. The fourth-order valence-electron chi connectivity index (χ4n) is 2.69. The summed E-state index contributed by atoms with van der Waals surface area (Å²) in [5, 5.41) is 11.1. The average molecular weight is 457 g/mol. The summed E-state index contributed by atoms with van der Waals surface area (Å²) in [7, 11) is 5.44. The van der Waals surface area contributed by atoms with E-state index in [1.54, 1.807) is 14.2 Å². The summed E-state index contributed by atoms with van der Waals surface area (Å²) in [4.78, 5) is 4.28. The van der Waals surface area contributed by atoms with Crippen LogP contribution >= 0.6 is 24.0 Å². The first kappa shape index (κ1) is 21.3. The number of halogens is 1. The molecule has 0 bridgehead atoms. The lowest BCUT2D eigenvalue weighted by Gasteiger charge is -2.13. The van der Waals surface area contributed by atoms with Gasteiger partial charge in [-0.2, -0.15) is 5.10 Å². The number of nitrogens with zero attached hydrogens (tertiary/aromatic N) is 3. The van der Waals surface area contributed by atoms with E-state index in [0.717, 1.165) is 30.4 Å². The molecule has 25 heavy (non-hydrogen) atoms. The maximum Gasteiger partial charge on any atom is 0.191 e. The Balaban J connectivity index is 0.00000312. The van der Waals surface area contributed by atoms with Gasteiger partial charge in [0.2, 0.25) is 0 Å². The Kier molecular flexibility index (Phi) is 8.74. The van der Waals surface area contributed by atoms with Gasteiger partial charge in [-0.1, -0.05) is 18.2 Å². The number of methoxy groups -OCH3 is 1. The first-order valence-electron chi connectivity index (χ1n) is 8.12. The van der Waals surface area contributed by atoms with Crippen LogP contribution < -0.4 is 15.4 Å². The number of aromatic nitrogens is 2. The second-order valence-corrected chi connectivity index (χ2v) is 5.69. The van der Waals surface area contributed by atoms with Gasteiger partial charge in [-0.3, -0.25) is 9.67 Å². The molecule has 1 aromatic carbocycles. The van der Waals surface area contributed by atoms with E-state index >= 15 is 0 Å². The zero-order chi connectivity index (χ0) is 17.5. The standard InChI is InChI=1S/C18H27N5O.HI/c1-13-16(14(2)23(4)22-13)12-21-18(19-3)20-11-10-15-8-6-7-9-17(15)24-5;/h6-9H,10-12H2,1-5H3,(H2,19,20,21);1H. The summed E-state index contributed by atoms with van der Waals surface area (Å²) in [5.41, 5.74) is 4.61. The molecule has 0 spiro atoms. The van der Waals surface area contributed by atoms with E-state index in [4.69, 9.17) is 4.74 Å². The topological polar surface area (TPSA) is 63.5 Å². The van der Waals surface area contributed by atoms with Gasteiger partial charge in [0, 0.05) is 38.4 Å². The zero-order valence-corrected chi connectivity index (χ0v) is 17.9. The Morgan fingerprint density at radius 1 is 1.24 bits per heavy atom. The molecule has 0 aliphatic heterocycles. The molecule has 0 radical (unpaired) electrons. The maximum absolute atomic E-state index is 5.38. The van der Waals surface area contributed by atoms with Crippen LogP contribution in [0.15, 0.2) is 29.3 Å². The SMILES string of the molecule is CN=C(NCCc1ccccc1OC)NCc1c(C)nn(C)c1C.I. The first-order valence-corrected chi connectivity index (χ1v) is 8.12. The van der Waals surface area contributed by atoms with Crippen molar-refractivity contribution in [3.63, 3.8) is 0 Å². The molecule has 0 amide bonds. The molecule has 0 aliphatic rings. The Labute approximate surface area is 167 Å². The maximum atomic E-state index is 5.38. The molecule has 1 heterocycles. The van der Waals surface area contributed by atoms with Crippen molar-refractivity contribution in [2.24, 2.45) is 12.0 Å². The van der Waals surface area contributed by atoms with Gasteiger partial charge < -0.3 is 15.4 Å². The Hall–Kier alpha value is -1.77. The molecular weight excluding hydrogens is 429 g/mol. The summed E-state index contributed by atoms with van der Waals surface area (Å²) in [6, 6.07) is 8.07. The van der Waals surface area contributed by atoms with E-state index in [-0.39, 0.29) is 24.0 Å². The summed E-state index contributed by atoms with van der Waals surface area (Å²) >= 11 is 0. The molecule has 1 aromatic heterocycles. The predicted octanol–water partition coefficient (Wildman–Crippen LogP) is 2.57. The minimum Gasteiger partial charge on any atom is -0.496 e. The van der Waals surface area contributed by atoms with Crippen molar-refractivity contribution >= 4 is 29.9 Å². The van der Waals surface area contributed by atoms with Crippen LogP contribution in [0.3, 0.4) is 0 Å². The highest BCUT2D eigenvalue weighted by molar-refractivity contribution is 14.0. The van der Waals surface area contributed by atoms with Gasteiger partial charge >= 0.3 is 0 Å².